The topological polar surface area (TPSA) is 38.7 Å². The van der Waals surface area contributed by atoms with Crippen molar-refractivity contribution in [3.63, 3.8) is 0 Å². The van der Waals surface area contributed by atoms with Gasteiger partial charge in [-0.05, 0) is 24.3 Å². The first-order valence-electron chi connectivity index (χ1n) is 6.09. The van der Waals surface area contributed by atoms with E-state index in [0.29, 0.717) is 5.75 Å². The van der Waals surface area contributed by atoms with Gasteiger partial charge in [0.1, 0.15) is 30.9 Å². The molecule has 0 spiro atoms. The van der Waals surface area contributed by atoms with E-state index in [1.807, 2.05) is 18.2 Å². The van der Waals surface area contributed by atoms with E-state index in [1.54, 1.807) is 12.1 Å². The van der Waals surface area contributed by atoms with Crippen LogP contribution in [0.4, 0.5) is 8.78 Å². The fraction of sp³-hybridized carbons (Fsp3) is 0.200. The summed E-state index contributed by atoms with van der Waals surface area (Å²) in [6.07, 6.45) is -0.917. The maximum atomic E-state index is 13.3. The second-order valence-electron chi connectivity index (χ2n) is 4.16. The number of rotatable bonds is 6. The summed E-state index contributed by atoms with van der Waals surface area (Å²) in [5, 5.41) is 9.67. The Hall–Kier alpha value is -2.14. The zero-order chi connectivity index (χ0) is 14.4. The molecule has 0 heterocycles. The highest BCUT2D eigenvalue weighted by Gasteiger charge is 2.09. The van der Waals surface area contributed by atoms with E-state index >= 15 is 0 Å². The first-order chi connectivity index (χ1) is 9.65. The number of ether oxygens (including phenoxy) is 2. The highest BCUT2D eigenvalue weighted by Crippen LogP contribution is 2.17. The van der Waals surface area contributed by atoms with E-state index in [0.717, 1.165) is 12.1 Å². The molecule has 0 aromatic heterocycles. The van der Waals surface area contributed by atoms with E-state index in [4.69, 9.17) is 9.47 Å². The number of para-hydroxylation sites is 1. The standard InChI is InChI=1S/C15H14F2O3/c16-11-6-7-15(14(17)8-11)20-10-12(18)9-19-13-4-2-1-3-5-13/h1-8,12,18H,9-10H2. The van der Waals surface area contributed by atoms with Gasteiger partial charge in [0.15, 0.2) is 11.6 Å². The predicted octanol–water partition coefficient (Wildman–Crippen LogP) is 2.78. The Kier molecular flexibility index (Phi) is 4.90. The van der Waals surface area contributed by atoms with Crippen LogP contribution >= 0.6 is 0 Å². The molecule has 1 atom stereocenters. The van der Waals surface area contributed by atoms with Crippen LogP contribution in [0.3, 0.4) is 0 Å². The van der Waals surface area contributed by atoms with Crippen LogP contribution in [0.25, 0.3) is 0 Å². The fourth-order valence-electron chi connectivity index (χ4n) is 1.54. The molecule has 0 radical (unpaired) electrons. The molecule has 0 bridgehead atoms. The predicted molar refractivity (Wildman–Crippen MR) is 69.8 cm³/mol. The van der Waals surface area contributed by atoms with Crippen molar-refractivity contribution in [2.75, 3.05) is 13.2 Å². The molecule has 2 aromatic carbocycles. The molecule has 1 unspecified atom stereocenters. The fourth-order valence-corrected chi connectivity index (χ4v) is 1.54. The SMILES string of the molecule is OC(COc1ccccc1)COc1ccc(F)cc1F. The molecule has 0 aliphatic rings. The summed E-state index contributed by atoms with van der Waals surface area (Å²) in [7, 11) is 0. The molecular formula is C15H14F2O3. The Morgan fingerprint density at radius 1 is 0.950 bits per heavy atom. The minimum atomic E-state index is -0.917. The van der Waals surface area contributed by atoms with Gasteiger partial charge in [-0.2, -0.15) is 0 Å². The van der Waals surface area contributed by atoms with Gasteiger partial charge in [-0.1, -0.05) is 18.2 Å². The van der Waals surface area contributed by atoms with Gasteiger partial charge in [-0.3, -0.25) is 0 Å². The van der Waals surface area contributed by atoms with E-state index < -0.39 is 17.7 Å². The third-order valence-electron chi connectivity index (χ3n) is 2.51. The molecule has 0 saturated carbocycles. The van der Waals surface area contributed by atoms with Crippen molar-refractivity contribution in [1.29, 1.82) is 0 Å². The molecule has 5 heteroatoms. The van der Waals surface area contributed by atoms with E-state index in [9.17, 15) is 13.9 Å². The molecule has 106 valence electrons. The minimum absolute atomic E-state index is 0.0207. The number of halogens is 2. The second kappa shape index (κ2) is 6.86. The smallest absolute Gasteiger partial charge is 0.167 e. The Labute approximate surface area is 115 Å². The second-order valence-corrected chi connectivity index (χ2v) is 4.16. The van der Waals surface area contributed by atoms with Gasteiger partial charge >= 0.3 is 0 Å². The van der Waals surface area contributed by atoms with Crippen LogP contribution in [-0.2, 0) is 0 Å². The summed E-state index contributed by atoms with van der Waals surface area (Å²) >= 11 is 0. The van der Waals surface area contributed by atoms with Crippen molar-refractivity contribution >= 4 is 0 Å². The number of hydrogen-bond acceptors (Lipinski definition) is 3. The third-order valence-corrected chi connectivity index (χ3v) is 2.51. The maximum Gasteiger partial charge on any atom is 0.167 e. The average Bonchev–Trinajstić information content (AvgIpc) is 2.45. The molecular weight excluding hydrogens is 266 g/mol. The molecule has 0 fully saturated rings. The Morgan fingerprint density at radius 3 is 2.35 bits per heavy atom. The Bertz CT molecular complexity index is 546. The molecule has 3 nitrogen and oxygen atoms in total. The summed E-state index contributed by atoms with van der Waals surface area (Å²) < 4.78 is 36.4. The van der Waals surface area contributed by atoms with Crippen molar-refractivity contribution in [2.24, 2.45) is 0 Å². The zero-order valence-corrected chi connectivity index (χ0v) is 10.6. The van der Waals surface area contributed by atoms with Crippen LogP contribution in [-0.4, -0.2) is 24.4 Å². The lowest BCUT2D eigenvalue weighted by Crippen LogP contribution is -2.25. The quantitative estimate of drug-likeness (QED) is 0.884. The zero-order valence-electron chi connectivity index (χ0n) is 10.6. The van der Waals surface area contributed by atoms with Crippen LogP contribution in [0.1, 0.15) is 0 Å². The van der Waals surface area contributed by atoms with Crippen molar-refractivity contribution in [1.82, 2.24) is 0 Å². The number of hydrogen-bond donors (Lipinski definition) is 1. The number of benzene rings is 2. The number of aliphatic hydroxyl groups is 1. The van der Waals surface area contributed by atoms with Crippen molar-refractivity contribution in [3.05, 3.63) is 60.2 Å². The average molecular weight is 280 g/mol. The Balaban J connectivity index is 1.79. The lowest BCUT2D eigenvalue weighted by atomic mass is 10.3. The first kappa shape index (κ1) is 14.3. The molecule has 2 aromatic rings. The van der Waals surface area contributed by atoms with Crippen molar-refractivity contribution in [3.8, 4) is 11.5 Å². The van der Waals surface area contributed by atoms with Gasteiger partial charge in [0.25, 0.3) is 0 Å². The van der Waals surface area contributed by atoms with E-state index in [1.165, 1.54) is 6.07 Å². The van der Waals surface area contributed by atoms with Gasteiger partial charge in [0.05, 0.1) is 0 Å². The van der Waals surface area contributed by atoms with Gasteiger partial charge in [-0.25, -0.2) is 8.78 Å². The monoisotopic (exact) mass is 280 g/mol. The molecule has 20 heavy (non-hydrogen) atoms. The molecule has 0 aliphatic carbocycles. The largest absolute Gasteiger partial charge is 0.491 e. The first-order valence-corrected chi connectivity index (χ1v) is 6.09. The van der Waals surface area contributed by atoms with Crippen molar-refractivity contribution < 1.29 is 23.4 Å². The molecule has 0 amide bonds. The third kappa shape index (κ3) is 4.20. The number of aliphatic hydroxyl groups excluding tert-OH is 1. The summed E-state index contributed by atoms with van der Waals surface area (Å²) in [6, 6.07) is 12.0. The normalized spacial score (nSPS) is 11.9. The van der Waals surface area contributed by atoms with Crippen molar-refractivity contribution in [2.45, 2.75) is 6.10 Å². The summed E-state index contributed by atoms with van der Waals surface area (Å²) in [6.45, 7) is -0.123. The summed E-state index contributed by atoms with van der Waals surface area (Å²) in [5.74, 6) is -0.964. The molecule has 1 N–H and O–H groups in total. The van der Waals surface area contributed by atoms with E-state index in [-0.39, 0.29) is 19.0 Å². The van der Waals surface area contributed by atoms with Crippen LogP contribution in [0.2, 0.25) is 0 Å². The van der Waals surface area contributed by atoms with E-state index in [2.05, 4.69) is 0 Å². The van der Waals surface area contributed by atoms with Crippen LogP contribution in [0.15, 0.2) is 48.5 Å². The Morgan fingerprint density at radius 2 is 1.65 bits per heavy atom. The minimum Gasteiger partial charge on any atom is -0.491 e. The van der Waals surface area contributed by atoms with Gasteiger partial charge < -0.3 is 14.6 Å². The summed E-state index contributed by atoms with van der Waals surface area (Å²) in [5.41, 5.74) is 0. The highest BCUT2D eigenvalue weighted by molar-refractivity contribution is 5.24. The van der Waals surface area contributed by atoms with Crippen LogP contribution < -0.4 is 9.47 Å². The highest BCUT2D eigenvalue weighted by atomic mass is 19.1. The molecule has 0 saturated heterocycles. The van der Waals surface area contributed by atoms with Gasteiger partial charge in [0, 0.05) is 6.07 Å². The van der Waals surface area contributed by atoms with Crippen LogP contribution in [0, 0.1) is 11.6 Å². The lowest BCUT2D eigenvalue weighted by Gasteiger charge is -2.14. The molecule has 0 aliphatic heterocycles. The van der Waals surface area contributed by atoms with Gasteiger partial charge in [0.2, 0.25) is 0 Å². The lowest BCUT2D eigenvalue weighted by molar-refractivity contribution is 0.0612. The molecule has 2 rings (SSSR count). The van der Waals surface area contributed by atoms with Crippen LogP contribution in [0.5, 0.6) is 11.5 Å². The maximum absolute atomic E-state index is 13.3. The van der Waals surface area contributed by atoms with Gasteiger partial charge in [-0.15, -0.1) is 0 Å². The summed E-state index contributed by atoms with van der Waals surface area (Å²) in [4.78, 5) is 0.